The number of rotatable bonds is 5. The highest BCUT2D eigenvalue weighted by Crippen LogP contribution is 2.24. The molecule has 0 aliphatic rings. The number of likely N-dealkylation sites (N-methyl/N-ethyl adjacent to an activating group) is 2. The number of nitrogens with zero attached hydrogens (tertiary/aromatic N) is 1. The van der Waals surface area contributed by atoms with E-state index in [1.807, 2.05) is 19.0 Å². The summed E-state index contributed by atoms with van der Waals surface area (Å²) in [4.78, 5) is 1.97. The Balaban J connectivity index is 2.98. The molecule has 0 aliphatic heterocycles. The molecule has 0 spiro atoms. The minimum Gasteiger partial charge on any atom is -0.397 e. The van der Waals surface area contributed by atoms with Gasteiger partial charge in [0.15, 0.2) is 0 Å². The number of hydrogen-bond donors (Lipinski definition) is 3. The molecule has 0 aromatic heterocycles. The minimum absolute atomic E-state index is 0.0285. The van der Waals surface area contributed by atoms with Crippen molar-refractivity contribution in [1.82, 2.24) is 5.32 Å². The molecule has 1 rings (SSSR count). The predicted molar refractivity (Wildman–Crippen MR) is 69.4 cm³/mol. The van der Waals surface area contributed by atoms with Crippen LogP contribution in [0, 0.1) is 0 Å². The fraction of sp³-hybridized carbons (Fsp3) is 0.400. The van der Waals surface area contributed by atoms with Crippen molar-refractivity contribution in [2.24, 2.45) is 5.14 Å². The molecule has 0 radical (unpaired) electrons. The number of nitrogens with two attached hydrogens (primary N) is 2. The average Bonchev–Trinajstić information content (AvgIpc) is 2.24. The molecule has 6 nitrogen and oxygen atoms in total. The van der Waals surface area contributed by atoms with E-state index in [0.29, 0.717) is 5.69 Å². The first-order valence-corrected chi connectivity index (χ1v) is 6.69. The molecular formula is C10H18N4O2S. The molecule has 0 unspecified atom stereocenters. The number of primary sulfonamides is 1. The summed E-state index contributed by atoms with van der Waals surface area (Å²) < 4.78 is 22.3. The van der Waals surface area contributed by atoms with Crippen LogP contribution in [-0.2, 0) is 10.0 Å². The first kappa shape index (κ1) is 13.8. The van der Waals surface area contributed by atoms with E-state index in [1.54, 1.807) is 6.07 Å². The van der Waals surface area contributed by atoms with Gasteiger partial charge in [-0.25, -0.2) is 13.6 Å². The minimum atomic E-state index is -3.70. The normalized spacial score (nSPS) is 11.5. The second-order valence-electron chi connectivity index (χ2n) is 3.79. The molecule has 0 saturated carbocycles. The van der Waals surface area contributed by atoms with Crippen LogP contribution in [0.5, 0.6) is 0 Å². The van der Waals surface area contributed by atoms with Crippen molar-refractivity contribution in [3.05, 3.63) is 18.2 Å². The van der Waals surface area contributed by atoms with E-state index in [-0.39, 0.29) is 4.90 Å². The monoisotopic (exact) mass is 258 g/mol. The Kier molecular flexibility index (Phi) is 4.33. The second kappa shape index (κ2) is 5.35. The summed E-state index contributed by atoms with van der Waals surface area (Å²) in [6.45, 7) is 1.59. The van der Waals surface area contributed by atoms with E-state index in [2.05, 4.69) is 5.32 Å². The standard InChI is InChI=1S/C10H18N4O2S/c1-13-5-6-14(2)10-4-3-8(7-9(10)11)17(12,15)16/h3-4,7,13H,5-6,11H2,1-2H3,(H2,12,15,16). The molecule has 5 N–H and O–H groups in total. The maximum atomic E-state index is 11.1. The summed E-state index contributed by atoms with van der Waals surface area (Å²) in [6, 6.07) is 4.49. The third kappa shape index (κ3) is 3.58. The summed E-state index contributed by atoms with van der Waals surface area (Å²) in [5, 5.41) is 8.05. The van der Waals surface area contributed by atoms with Gasteiger partial charge in [-0.3, -0.25) is 0 Å². The number of sulfonamides is 1. The topological polar surface area (TPSA) is 101 Å². The Bertz CT molecular complexity index is 487. The maximum Gasteiger partial charge on any atom is 0.238 e. The lowest BCUT2D eigenvalue weighted by Crippen LogP contribution is -2.27. The molecule has 0 saturated heterocycles. The van der Waals surface area contributed by atoms with Crippen molar-refractivity contribution in [3.63, 3.8) is 0 Å². The van der Waals surface area contributed by atoms with Crippen LogP contribution in [0.4, 0.5) is 11.4 Å². The van der Waals surface area contributed by atoms with Gasteiger partial charge in [0.2, 0.25) is 10.0 Å². The molecule has 1 aromatic carbocycles. The van der Waals surface area contributed by atoms with Gasteiger partial charge in [0.1, 0.15) is 0 Å². The second-order valence-corrected chi connectivity index (χ2v) is 5.35. The lowest BCUT2D eigenvalue weighted by atomic mass is 10.2. The molecule has 0 aliphatic carbocycles. The van der Waals surface area contributed by atoms with Gasteiger partial charge in [-0.1, -0.05) is 0 Å². The zero-order chi connectivity index (χ0) is 13.1. The van der Waals surface area contributed by atoms with E-state index >= 15 is 0 Å². The predicted octanol–water partition coefficient (Wildman–Crippen LogP) is -0.428. The van der Waals surface area contributed by atoms with Crippen LogP contribution in [0.1, 0.15) is 0 Å². The molecule has 0 bridgehead atoms. The third-order valence-corrected chi connectivity index (χ3v) is 3.35. The van der Waals surface area contributed by atoms with Crippen molar-refractivity contribution < 1.29 is 8.42 Å². The maximum absolute atomic E-state index is 11.1. The average molecular weight is 258 g/mol. The molecule has 1 aromatic rings. The number of anilines is 2. The van der Waals surface area contributed by atoms with Gasteiger partial charge in [0, 0.05) is 20.1 Å². The van der Waals surface area contributed by atoms with Crippen LogP contribution in [0.25, 0.3) is 0 Å². The van der Waals surface area contributed by atoms with E-state index in [0.717, 1.165) is 18.8 Å². The van der Waals surface area contributed by atoms with Gasteiger partial charge in [0.05, 0.1) is 16.3 Å². The summed E-state index contributed by atoms with van der Waals surface area (Å²) in [5.74, 6) is 0. The first-order chi connectivity index (χ1) is 7.86. The highest BCUT2D eigenvalue weighted by atomic mass is 32.2. The van der Waals surface area contributed by atoms with Crippen LogP contribution in [0.2, 0.25) is 0 Å². The van der Waals surface area contributed by atoms with Gasteiger partial charge >= 0.3 is 0 Å². The molecular weight excluding hydrogens is 240 g/mol. The lowest BCUT2D eigenvalue weighted by Gasteiger charge is -2.21. The first-order valence-electron chi connectivity index (χ1n) is 5.14. The fourth-order valence-corrected chi connectivity index (χ4v) is 2.01. The van der Waals surface area contributed by atoms with Crippen molar-refractivity contribution in [1.29, 1.82) is 0 Å². The molecule has 0 amide bonds. The fourth-order valence-electron chi connectivity index (χ4n) is 1.46. The molecule has 7 heteroatoms. The molecule has 0 heterocycles. The van der Waals surface area contributed by atoms with E-state index < -0.39 is 10.0 Å². The van der Waals surface area contributed by atoms with Crippen LogP contribution >= 0.6 is 0 Å². The van der Waals surface area contributed by atoms with Crippen molar-refractivity contribution in [2.75, 3.05) is 37.8 Å². The molecule has 0 fully saturated rings. The Morgan fingerprint density at radius 2 is 2.06 bits per heavy atom. The quantitative estimate of drug-likeness (QED) is 0.622. The summed E-state index contributed by atoms with van der Waals surface area (Å²) in [6.07, 6.45) is 0. The Labute approximate surface area is 102 Å². The van der Waals surface area contributed by atoms with E-state index in [9.17, 15) is 8.42 Å². The van der Waals surface area contributed by atoms with Gasteiger partial charge in [-0.2, -0.15) is 0 Å². The van der Waals surface area contributed by atoms with E-state index in [1.165, 1.54) is 12.1 Å². The number of hydrogen-bond acceptors (Lipinski definition) is 5. The lowest BCUT2D eigenvalue weighted by molar-refractivity contribution is 0.598. The van der Waals surface area contributed by atoms with Crippen LogP contribution in [0.15, 0.2) is 23.1 Å². The van der Waals surface area contributed by atoms with Gasteiger partial charge in [-0.05, 0) is 25.2 Å². The molecule has 17 heavy (non-hydrogen) atoms. The van der Waals surface area contributed by atoms with Crippen LogP contribution < -0.4 is 21.1 Å². The van der Waals surface area contributed by atoms with Crippen molar-refractivity contribution >= 4 is 21.4 Å². The Morgan fingerprint density at radius 1 is 1.41 bits per heavy atom. The highest BCUT2D eigenvalue weighted by molar-refractivity contribution is 7.89. The number of nitrogen functional groups attached to an aromatic ring is 1. The van der Waals surface area contributed by atoms with Crippen LogP contribution in [0.3, 0.4) is 0 Å². The Morgan fingerprint density at radius 3 is 2.53 bits per heavy atom. The summed E-state index contributed by atoms with van der Waals surface area (Å²) in [7, 11) is 0.0553. The number of nitrogens with one attached hydrogen (secondary N) is 1. The zero-order valence-corrected chi connectivity index (χ0v) is 10.8. The number of benzene rings is 1. The van der Waals surface area contributed by atoms with Gasteiger partial charge in [-0.15, -0.1) is 0 Å². The van der Waals surface area contributed by atoms with Crippen LogP contribution in [-0.4, -0.2) is 35.6 Å². The molecule has 96 valence electrons. The van der Waals surface area contributed by atoms with Gasteiger partial charge < -0.3 is 16.0 Å². The Hall–Kier alpha value is -1.31. The smallest absolute Gasteiger partial charge is 0.238 e. The highest BCUT2D eigenvalue weighted by Gasteiger charge is 2.11. The largest absolute Gasteiger partial charge is 0.397 e. The third-order valence-electron chi connectivity index (χ3n) is 2.44. The zero-order valence-electron chi connectivity index (χ0n) is 9.97. The summed E-state index contributed by atoms with van der Waals surface area (Å²) >= 11 is 0. The van der Waals surface area contributed by atoms with Crippen molar-refractivity contribution in [2.45, 2.75) is 4.90 Å². The van der Waals surface area contributed by atoms with Gasteiger partial charge in [0.25, 0.3) is 0 Å². The SMILES string of the molecule is CNCCN(C)c1ccc(S(N)(=O)=O)cc1N. The van der Waals surface area contributed by atoms with E-state index in [4.69, 9.17) is 10.9 Å². The van der Waals surface area contributed by atoms with Crippen molar-refractivity contribution in [3.8, 4) is 0 Å². The summed E-state index contributed by atoms with van der Waals surface area (Å²) in [5.41, 5.74) is 6.99. The molecule has 0 atom stereocenters.